The summed E-state index contributed by atoms with van der Waals surface area (Å²) in [5, 5.41) is 15.4. The molecular weight excluding hydrogens is 751 g/mol. The van der Waals surface area contributed by atoms with Gasteiger partial charge in [-0.1, -0.05) is 158 Å². The molecule has 0 aliphatic carbocycles. The highest BCUT2D eigenvalue weighted by Crippen LogP contribution is 2.48. The molecule has 6 heteroatoms. The monoisotopic (exact) mass is 787 g/mol. The molecule has 0 fully saturated rings. The van der Waals surface area contributed by atoms with E-state index >= 15 is 0 Å². The molecule has 57 heavy (non-hydrogen) atoms. The number of thiophene rings is 3. The van der Waals surface area contributed by atoms with Crippen LogP contribution in [0.25, 0.3) is 82.8 Å². The first kappa shape index (κ1) is 34.5. The second kappa shape index (κ2) is 14.4. The minimum absolute atomic E-state index is 0.136. The molecule has 3 nitrogen and oxygen atoms in total. The quantitative estimate of drug-likeness (QED) is 0.128. The second-order valence-electron chi connectivity index (χ2n) is 14.6. The van der Waals surface area contributed by atoms with Crippen LogP contribution in [-0.2, 0) is 6.54 Å². The molecule has 3 aromatic heterocycles. The van der Waals surface area contributed by atoms with Crippen LogP contribution in [0.15, 0.2) is 176 Å². The second-order valence-corrected chi connectivity index (χ2v) is 17.8. The Bertz CT molecular complexity index is 3250. The molecule has 0 spiro atoms. The van der Waals surface area contributed by atoms with Crippen molar-refractivity contribution < 1.29 is 0 Å². The third-order valence-electron chi connectivity index (χ3n) is 11.2. The molecule has 0 saturated carbocycles. The lowest BCUT2D eigenvalue weighted by Gasteiger charge is -2.25. The molecule has 0 saturated heterocycles. The summed E-state index contributed by atoms with van der Waals surface area (Å²) in [5.74, 6) is 0. The summed E-state index contributed by atoms with van der Waals surface area (Å²) in [6.07, 6.45) is -0.452. The molecule has 3 heterocycles. The van der Waals surface area contributed by atoms with Crippen molar-refractivity contribution in [2.45, 2.75) is 18.9 Å². The van der Waals surface area contributed by atoms with E-state index in [4.69, 9.17) is 5.73 Å². The van der Waals surface area contributed by atoms with Crippen molar-refractivity contribution >= 4 is 94.5 Å². The van der Waals surface area contributed by atoms with Gasteiger partial charge in [-0.15, -0.1) is 34.0 Å². The molecule has 8 aromatic carbocycles. The van der Waals surface area contributed by atoms with Crippen LogP contribution in [0.3, 0.4) is 0 Å². The van der Waals surface area contributed by atoms with E-state index in [0.29, 0.717) is 6.54 Å². The van der Waals surface area contributed by atoms with E-state index in [0.717, 1.165) is 11.1 Å². The van der Waals surface area contributed by atoms with Crippen molar-refractivity contribution in [1.29, 1.82) is 0 Å². The zero-order chi connectivity index (χ0) is 37.9. The van der Waals surface area contributed by atoms with E-state index in [-0.39, 0.29) is 12.3 Å². The van der Waals surface area contributed by atoms with E-state index in [1.165, 1.54) is 88.3 Å². The number of rotatable bonds is 9. The van der Waals surface area contributed by atoms with Gasteiger partial charge in [-0.25, -0.2) is 0 Å². The molecule has 0 aliphatic rings. The van der Waals surface area contributed by atoms with Crippen molar-refractivity contribution in [3.63, 3.8) is 0 Å². The minimum atomic E-state index is -0.316. The van der Waals surface area contributed by atoms with Gasteiger partial charge in [0.2, 0.25) is 0 Å². The fraction of sp³-hybridized carbons (Fsp3) is 0.0588. The summed E-state index contributed by atoms with van der Waals surface area (Å²) in [6.45, 7) is 0.689. The Morgan fingerprint density at radius 1 is 0.439 bits per heavy atom. The fourth-order valence-corrected chi connectivity index (χ4v) is 12.2. The van der Waals surface area contributed by atoms with E-state index in [2.05, 4.69) is 168 Å². The first-order valence-electron chi connectivity index (χ1n) is 19.3. The van der Waals surface area contributed by atoms with E-state index in [1.807, 2.05) is 52.2 Å². The standard InChI is InChI=1S/C51H37N3S3/c52-50(31-13-3-1-4-14-31)54-51(32-15-5-2-6-16-32)53-30-34-17-9-21-40-41-23-11-22-39(49(41)57-47(34)40)38-20-12-26-44-46(38)42-24-10-19-35(48(42)56-44)33-27-28-37-36-18-7-8-25-43(36)55-45(37)29-33/h1-29,50-51,53-54H,30,52H2. The molecule has 0 bridgehead atoms. The van der Waals surface area contributed by atoms with Crippen molar-refractivity contribution in [2.75, 3.05) is 0 Å². The van der Waals surface area contributed by atoms with E-state index in [9.17, 15) is 0 Å². The molecule has 2 unspecified atom stereocenters. The highest BCUT2D eigenvalue weighted by Gasteiger charge is 2.20. The van der Waals surface area contributed by atoms with Crippen molar-refractivity contribution in [3.8, 4) is 22.3 Å². The fourth-order valence-electron chi connectivity index (χ4n) is 8.49. The SMILES string of the molecule is NC(NC(NCc1cccc2c1sc1c(-c3cccc4sc5c(-c6ccc7c(c6)sc6ccccc67)cccc5c34)cccc12)c1ccccc1)c1ccccc1. The van der Waals surface area contributed by atoms with Crippen LogP contribution >= 0.6 is 34.0 Å². The van der Waals surface area contributed by atoms with Gasteiger partial charge in [-0.3, -0.25) is 10.6 Å². The maximum Gasteiger partial charge on any atom is 0.0852 e. The average molecular weight is 788 g/mol. The summed E-state index contributed by atoms with van der Waals surface area (Å²) in [4.78, 5) is 0. The molecule has 0 amide bonds. The first-order valence-corrected chi connectivity index (χ1v) is 21.8. The van der Waals surface area contributed by atoms with Gasteiger partial charge in [0.15, 0.2) is 0 Å². The number of nitrogens with two attached hydrogens (primary N) is 1. The van der Waals surface area contributed by atoms with Crippen molar-refractivity contribution in [1.82, 2.24) is 10.6 Å². The van der Waals surface area contributed by atoms with Crippen LogP contribution < -0.4 is 16.4 Å². The minimum Gasteiger partial charge on any atom is -0.312 e. The smallest absolute Gasteiger partial charge is 0.0852 e. The first-order chi connectivity index (χ1) is 28.2. The van der Waals surface area contributed by atoms with E-state index in [1.54, 1.807) is 0 Å². The lowest BCUT2D eigenvalue weighted by atomic mass is 9.96. The van der Waals surface area contributed by atoms with Crippen molar-refractivity contribution in [3.05, 3.63) is 193 Å². The van der Waals surface area contributed by atoms with Crippen LogP contribution in [0.4, 0.5) is 0 Å². The number of fused-ring (bicyclic) bond motifs is 9. The predicted octanol–water partition coefficient (Wildman–Crippen LogP) is 14.2. The maximum absolute atomic E-state index is 6.70. The zero-order valence-electron chi connectivity index (χ0n) is 30.9. The topological polar surface area (TPSA) is 50.1 Å². The summed E-state index contributed by atoms with van der Waals surface area (Å²) < 4.78 is 7.96. The molecule has 0 aliphatic heterocycles. The van der Waals surface area contributed by atoms with Gasteiger partial charge in [0.25, 0.3) is 0 Å². The summed E-state index contributed by atoms with van der Waals surface area (Å²) in [5.41, 5.74) is 15.3. The van der Waals surface area contributed by atoms with Crippen LogP contribution in [-0.4, -0.2) is 0 Å². The van der Waals surface area contributed by atoms with Crippen LogP contribution in [0.1, 0.15) is 29.0 Å². The van der Waals surface area contributed by atoms with Crippen LogP contribution in [0.5, 0.6) is 0 Å². The summed E-state index contributed by atoms with van der Waals surface area (Å²) >= 11 is 5.70. The Kier molecular flexibility index (Phi) is 8.70. The number of hydrogen-bond donors (Lipinski definition) is 3. The van der Waals surface area contributed by atoms with Gasteiger partial charge in [0.1, 0.15) is 0 Å². The highest BCUT2D eigenvalue weighted by molar-refractivity contribution is 7.27. The summed E-state index contributed by atoms with van der Waals surface area (Å²) in [6, 6.07) is 63.7. The van der Waals surface area contributed by atoms with Gasteiger partial charge in [0.05, 0.1) is 12.3 Å². The Balaban J connectivity index is 0.983. The number of hydrogen-bond acceptors (Lipinski definition) is 6. The van der Waals surface area contributed by atoms with Gasteiger partial charge < -0.3 is 5.73 Å². The molecule has 274 valence electrons. The van der Waals surface area contributed by atoms with E-state index < -0.39 is 0 Å². The molecule has 4 N–H and O–H groups in total. The number of nitrogens with one attached hydrogen (secondary N) is 2. The maximum atomic E-state index is 6.70. The largest absolute Gasteiger partial charge is 0.312 e. The van der Waals surface area contributed by atoms with Crippen LogP contribution in [0, 0.1) is 0 Å². The Morgan fingerprint density at radius 2 is 1.05 bits per heavy atom. The molecule has 2 atom stereocenters. The molecule has 11 aromatic rings. The number of benzene rings is 8. The van der Waals surface area contributed by atoms with Crippen molar-refractivity contribution in [2.24, 2.45) is 5.73 Å². The summed E-state index contributed by atoms with van der Waals surface area (Å²) in [7, 11) is 0. The molecule has 0 radical (unpaired) electrons. The lowest BCUT2D eigenvalue weighted by Crippen LogP contribution is -2.39. The van der Waals surface area contributed by atoms with Gasteiger partial charge >= 0.3 is 0 Å². The van der Waals surface area contributed by atoms with Gasteiger partial charge in [-0.05, 0) is 51.6 Å². The Morgan fingerprint density at radius 3 is 1.89 bits per heavy atom. The third-order valence-corrected chi connectivity index (χ3v) is 14.9. The lowest BCUT2D eigenvalue weighted by molar-refractivity contribution is 0.386. The van der Waals surface area contributed by atoms with Gasteiger partial charge in [0, 0.05) is 72.6 Å². The molecule has 11 rings (SSSR count). The Labute approximate surface area is 342 Å². The highest BCUT2D eigenvalue weighted by atomic mass is 32.1. The third kappa shape index (κ3) is 6.05. The van der Waals surface area contributed by atoms with Crippen LogP contribution in [0.2, 0.25) is 0 Å². The zero-order valence-corrected chi connectivity index (χ0v) is 33.4. The molecular formula is C51H37N3S3. The average Bonchev–Trinajstić information content (AvgIpc) is 3.97. The normalized spacial score (nSPS) is 13.1. The predicted molar refractivity (Wildman–Crippen MR) is 249 cm³/mol. The Hall–Kier alpha value is -5.70. The van der Waals surface area contributed by atoms with Gasteiger partial charge in [-0.2, -0.15) is 0 Å².